The van der Waals surface area contributed by atoms with Crippen LogP contribution in [0, 0.1) is 0 Å². The highest BCUT2D eigenvalue weighted by Gasteiger charge is 2.21. The summed E-state index contributed by atoms with van der Waals surface area (Å²) < 4.78 is 0. The van der Waals surface area contributed by atoms with Gasteiger partial charge in [-0.25, -0.2) is 0 Å². The lowest BCUT2D eigenvalue weighted by molar-refractivity contribution is -0.117. The van der Waals surface area contributed by atoms with Crippen LogP contribution in [0.2, 0.25) is 0 Å². The van der Waals surface area contributed by atoms with E-state index in [2.05, 4.69) is 68.3 Å². The predicted molar refractivity (Wildman–Crippen MR) is 119 cm³/mol. The molecule has 1 atom stereocenters. The van der Waals surface area contributed by atoms with Gasteiger partial charge in [-0.2, -0.15) is 0 Å². The first-order valence-electron chi connectivity index (χ1n) is 10.4. The van der Waals surface area contributed by atoms with Crippen LogP contribution in [0.3, 0.4) is 0 Å². The molecule has 3 aromatic rings. The van der Waals surface area contributed by atoms with Gasteiger partial charge in [-0.05, 0) is 36.2 Å². The molecule has 0 fully saturated rings. The van der Waals surface area contributed by atoms with Gasteiger partial charge in [0.25, 0.3) is 0 Å². The second-order valence-corrected chi connectivity index (χ2v) is 8.68. The number of hydrogen-bond acceptors (Lipinski definition) is 1. The minimum absolute atomic E-state index is 0.0696. The van der Waals surface area contributed by atoms with Gasteiger partial charge in [-0.1, -0.05) is 77.3 Å². The fourth-order valence-corrected chi connectivity index (χ4v) is 3.58. The van der Waals surface area contributed by atoms with Crippen LogP contribution >= 0.6 is 0 Å². The first-order chi connectivity index (χ1) is 13.4. The van der Waals surface area contributed by atoms with Crippen LogP contribution in [0.4, 0.5) is 5.69 Å². The highest BCUT2D eigenvalue weighted by atomic mass is 16.1. The zero-order valence-electron chi connectivity index (χ0n) is 17.5. The summed E-state index contributed by atoms with van der Waals surface area (Å²) >= 11 is 0. The van der Waals surface area contributed by atoms with E-state index >= 15 is 0 Å². The van der Waals surface area contributed by atoms with Crippen LogP contribution in [0.1, 0.15) is 70.6 Å². The number of anilines is 1. The molecule has 1 heterocycles. The lowest BCUT2D eigenvalue weighted by Crippen LogP contribution is -2.21. The summed E-state index contributed by atoms with van der Waals surface area (Å²) in [6.07, 6.45) is 4.25. The number of benzene rings is 2. The Hall–Kier alpha value is -2.55. The van der Waals surface area contributed by atoms with Gasteiger partial charge < -0.3 is 10.3 Å². The monoisotopic (exact) mass is 376 g/mol. The number of fused-ring (bicyclic) bond motifs is 1. The molecule has 0 bridgehead atoms. The summed E-state index contributed by atoms with van der Waals surface area (Å²) in [7, 11) is 0. The number of amides is 1. The van der Waals surface area contributed by atoms with Crippen molar-refractivity contribution in [3.63, 3.8) is 0 Å². The molecule has 2 N–H and O–H groups in total. The summed E-state index contributed by atoms with van der Waals surface area (Å²) in [6.45, 7) is 8.78. The van der Waals surface area contributed by atoms with Crippen LogP contribution in [-0.4, -0.2) is 10.9 Å². The van der Waals surface area contributed by atoms with E-state index in [-0.39, 0.29) is 17.2 Å². The van der Waals surface area contributed by atoms with E-state index in [9.17, 15) is 4.79 Å². The molecular weight excluding hydrogens is 344 g/mol. The average Bonchev–Trinajstić information content (AvgIpc) is 3.10. The van der Waals surface area contributed by atoms with Gasteiger partial charge in [-0.3, -0.25) is 4.79 Å². The first-order valence-corrected chi connectivity index (χ1v) is 10.4. The average molecular weight is 377 g/mol. The molecule has 0 aliphatic rings. The smallest absolute Gasteiger partial charge is 0.231 e. The minimum Gasteiger partial charge on any atom is -0.358 e. The van der Waals surface area contributed by atoms with Gasteiger partial charge in [0.15, 0.2) is 0 Å². The second kappa shape index (κ2) is 8.64. The van der Waals surface area contributed by atoms with E-state index in [4.69, 9.17) is 0 Å². The quantitative estimate of drug-likeness (QED) is 0.439. The third-order valence-electron chi connectivity index (χ3n) is 5.31. The van der Waals surface area contributed by atoms with Gasteiger partial charge in [-0.15, -0.1) is 0 Å². The number of carbonyl (C=O) groups excluding carboxylic acids is 1. The van der Waals surface area contributed by atoms with Crippen molar-refractivity contribution in [3.05, 3.63) is 65.9 Å². The summed E-state index contributed by atoms with van der Waals surface area (Å²) in [4.78, 5) is 16.6. The Labute approximate surface area is 168 Å². The lowest BCUT2D eigenvalue weighted by atomic mass is 9.92. The summed E-state index contributed by atoms with van der Waals surface area (Å²) in [6, 6.07) is 18.4. The number of unbranched alkanes of at least 4 members (excludes halogenated alkanes) is 2. The fourth-order valence-electron chi connectivity index (χ4n) is 3.58. The van der Waals surface area contributed by atoms with Crippen LogP contribution < -0.4 is 5.32 Å². The van der Waals surface area contributed by atoms with Crippen molar-refractivity contribution in [1.29, 1.82) is 0 Å². The van der Waals surface area contributed by atoms with Crippen molar-refractivity contribution >= 4 is 22.5 Å². The number of hydrogen-bond donors (Lipinski definition) is 2. The van der Waals surface area contributed by atoms with E-state index in [1.807, 2.05) is 24.3 Å². The molecule has 148 valence electrons. The zero-order chi connectivity index (χ0) is 20.1. The number of nitrogens with one attached hydrogen (secondary N) is 2. The molecule has 2 aromatic carbocycles. The fraction of sp³-hybridized carbons (Fsp3) is 0.400. The third kappa shape index (κ3) is 4.83. The molecule has 3 rings (SSSR count). The maximum absolute atomic E-state index is 13.1. The summed E-state index contributed by atoms with van der Waals surface area (Å²) in [5.41, 5.74) is 4.32. The van der Waals surface area contributed by atoms with Crippen LogP contribution in [-0.2, 0) is 10.2 Å². The van der Waals surface area contributed by atoms with E-state index in [0.717, 1.165) is 47.8 Å². The van der Waals surface area contributed by atoms with Gasteiger partial charge >= 0.3 is 0 Å². The van der Waals surface area contributed by atoms with Gasteiger partial charge in [0.1, 0.15) is 0 Å². The molecule has 0 saturated heterocycles. The summed E-state index contributed by atoms with van der Waals surface area (Å²) in [5.74, 6) is -0.0342. The Kier molecular flexibility index (Phi) is 6.23. The standard InChI is InChI=1S/C25H32N2O/c1-5-6-8-13-21(18-11-9-7-10-12-18)24(28)26-20-14-15-22-19(16-20)17-23(27-22)25(2,3)4/h7,9-12,14-17,21,27H,5-6,8,13H2,1-4H3,(H,26,28). The lowest BCUT2D eigenvalue weighted by Gasteiger charge is -2.17. The Morgan fingerprint density at radius 1 is 1.04 bits per heavy atom. The highest BCUT2D eigenvalue weighted by molar-refractivity contribution is 5.97. The maximum Gasteiger partial charge on any atom is 0.231 e. The van der Waals surface area contributed by atoms with Crippen LogP contribution in [0.25, 0.3) is 10.9 Å². The Morgan fingerprint density at radius 3 is 2.46 bits per heavy atom. The number of carbonyl (C=O) groups is 1. The Bertz CT molecular complexity index is 919. The van der Waals surface area contributed by atoms with Crippen molar-refractivity contribution in [1.82, 2.24) is 4.98 Å². The van der Waals surface area contributed by atoms with Crippen molar-refractivity contribution in [2.24, 2.45) is 0 Å². The molecule has 1 aromatic heterocycles. The Balaban J connectivity index is 1.80. The molecule has 3 nitrogen and oxygen atoms in total. The normalized spacial score (nSPS) is 12.9. The van der Waals surface area contributed by atoms with Gasteiger partial charge in [0.05, 0.1) is 5.92 Å². The molecule has 1 amide bonds. The largest absolute Gasteiger partial charge is 0.358 e. The molecule has 3 heteroatoms. The molecule has 0 spiro atoms. The summed E-state index contributed by atoms with van der Waals surface area (Å²) in [5, 5.41) is 4.28. The molecule has 0 aliphatic carbocycles. The second-order valence-electron chi connectivity index (χ2n) is 8.68. The van der Waals surface area contributed by atoms with Crippen molar-refractivity contribution in [2.45, 2.75) is 64.7 Å². The molecule has 0 radical (unpaired) electrons. The highest BCUT2D eigenvalue weighted by Crippen LogP contribution is 2.29. The maximum atomic E-state index is 13.1. The topological polar surface area (TPSA) is 44.9 Å². The Morgan fingerprint density at radius 2 is 1.79 bits per heavy atom. The molecule has 0 aliphatic heterocycles. The number of aromatic nitrogens is 1. The number of H-pyrrole nitrogens is 1. The number of rotatable bonds is 7. The van der Waals surface area contributed by atoms with Gasteiger partial charge in [0.2, 0.25) is 5.91 Å². The molecule has 0 saturated carbocycles. The van der Waals surface area contributed by atoms with Crippen LogP contribution in [0.15, 0.2) is 54.6 Å². The molecule has 28 heavy (non-hydrogen) atoms. The number of aromatic amines is 1. The van der Waals surface area contributed by atoms with E-state index in [1.54, 1.807) is 0 Å². The van der Waals surface area contributed by atoms with E-state index < -0.39 is 0 Å². The SMILES string of the molecule is CCCCCC(C(=O)Nc1ccc2[nH]c(C(C)(C)C)cc2c1)c1ccccc1. The van der Waals surface area contributed by atoms with E-state index in [1.165, 1.54) is 5.69 Å². The van der Waals surface area contributed by atoms with Crippen LogP contribution in [0.5, 0.6) is 0 Å². The van der Waals surface area contributed by atoms with Crippen molar-refractivity contribution in [2.75, 3.05) is 5.32 Å². The molecular formula is C25H32N2O. The van der Waals surface area contributed by atoms with Crippen molar-refractivity contribution < 1.29 is 4.79 Å². The third-order valence-corrected chi connectivity index (χ3v) is 5.31. The predicted octanol–water partition coefficient (Wildman–Crippen LogP) is 6.77. The molecule has 1 unspecified atom stereocenters. The van der Waals surface area contributed by atoms with E-state index in [0.29, 0.717) is 0 Å². The minimum atomic E-state index is -0.111. The van der Waals surface area contributed by atoms with Gasteiger partial charge in [0, 0.05) is 27.7 Å². The van der Waals surface area contributed by atoms with Crippen molar-refractivity contribution in [3.8, 4) is 0 Å². The zero-order valence-corrected chi connectivity index (χ0v) is 17.5. The first kappa shape index (κ1) is 20.2.